The molecule has 2 heterocycles. The van der Waals surface area contributed by atoms with Crippen LogP contribution in [0.2, 0.25) is 0 Å². The largest absolute Gasteiger partial charge is 0.497 e. The van der Waals surface area contributed by atoms with Gasteiger partial charge in [-0.3, -0.25) is 0 Å². The number of sulfone groups is 1. The monoisotopic (exact) mass is 358 g/mol. The van der Waals surface area contributed by atoms with Crippen LogP contribution in [-0.2, 0) is 23.3 Å². The summed E-state index contributed by atoms with van der Waals surface area (Å²) in [5.41, 5.74) is 2.13. The van der Waals surface area contributed by atoms with E-state index in [-0.39, 0.29) is 10.9 Å². The van der Waals surface area contributed by atoms with E-state index < -0.39 is 9.84 Å². The minimum absolute atomic E-state index is 0.146. The number of hydrogen-bond donors (Lipinski definition) is 0. The molecule has 0 saturated heterocycles. The molecule has 0 unspecified atom stereocenters. The highest BCUT2D eigenvalue weighted by atomic mass is 32.2. The van der Waals surface area contributed by atoms with Crippen molar-refractivity contribution in [1.82, 2.24) is 19.5 Å². The Kier molecular flexibility index (Phi) is 4.80. The van der Waals surface area contributed by atoms with Crippen LogP contribution in [0.15, 0.2) is 54.1 Å². The lowest BCUT2D eigenvalue weighted by Gasteiger charge is -2.01. The van der Waals surface area contributed by atoms with Gasteiger partial charge in [0.05, 0.1) is 25.4 Å². The molecule has 0 aliphatic rings. The van der Waals surface area contributed by atoms with Crippen LogP contribution in [0.3, 0.4) is 0 Å². The van der Waals surface area contributed by atoms with E-state index in [0.717, 1.165) is 11.3 Å². The van der Waals surface area contributed by atoms with Crippen LogP contribution in [-0.4, -0.2) is 40.8 Å². The van der Waals surface area contributed by atoms with Crippen LogP contribution in [0.1, 0.15) is 5.56 Å². The maximum Gasteiger partial charge on any atom is 0.249 e. The van der Waals surface area contributed by atoms with Crippen molar-refractivity contribution >= 4 is 21.0 Å². The standard InChI is InChI=1S/C17H18N4O3S/c1-21-12-19-15-11-18-17(20-16(15)21)25(22,23)10-4-3-5-13-6-8-14(24-2)9-7-13/h3-4,6-9,11-12H,5,10H2,1-2H3. The Balaban J connectivity index is 1.68. The van der Waals surface area contributed by atoms with Gasteiger partial charge in [-0.05, 0) is 24.1 Å². The predicted octanol–water partition coefficient (Wildman–Crippen LogP) is 1.94. The fourth-order valence-electron chi connectivity index (χ4n) is 2.31. The van der Waals surface area contributed by atoms with Gasteiger partial charge in [-0.25, -0.2) is 18.4 Å². The van der Waals surface area contributed by atoms with Crippen LogP contribution < -0.4 is 4.74 Å². The fourth-order valence-corrected chi connectivity index (χ4v) is 3.28. The summed E-state index contributed by atoms with van der Waals surface area (Å²) in [6.07, 6.45) is 7.08. The Labute approximate surface area is 145 Å². The van der Waals surface area contributed by atoms with Gasteiger partial charge in [-0.1, -0.05) is 24.3 Å². The van der Waals surface area contributed by atoms with Crippen molar-refractivity contribution in [2.24, 2.45) is 7.05 Å². The van der Waals surface area contributed by atoms with Crippen LogP contribution >= 0.6 is 0 Å². The van der Waals surface area contributed by atoms with Gasteiger partial charge in [-0.2, -0.15) is 4.98 Å². The number of rotatable bonds is 6. The number of ether oxygens (including phenoxy) is 1. The average molecular weight is 358 g/mol. The second-order valence-corrected chi connectivity index (χ2v) is 7.45. The number of imidazole rings is 1. The average Bonchev–Trinajstić information content (AvgIpc) is 3.00. The van der Waals surface area contributed by atoms with Crippen LogP contribution in [0.5, 0.6) is 5.75 Å². The number of aryl methyl sites for hydroxylation is 1. The topological polar surface area (TPSA) is 87.0 Å². The molecular formula is C17H18N4O3S. The third kappa shape index (κ3) is 3.85. The predicted molar refractivity (Wildman–Crippen MR) is 94.2 cm³/mol. The maximum absolute atomic E-state index is 12.4. The summed E-state index contributed by atoms with van der Waals surface area (Å²) in [6, 6.07) is 7.63. The molecule has 0 radical (unpaired) electrons. The van der Waals surface area contributed by atoms with Gasteiger partial charge in [0.15, 0.2) is 5.65 Å². The number of methoxy groups -OCH3 is 1. The summed E-state index contributed by atoms with van der Waals surface area (Å²) in [5, 5.41) is -0.183. The Morgan fingerprint density at radius 1 is 1.16 bits per heavy atom. The fraction of sp³-hybridized carbons (Fsp3) is 0.235. The second-order valence-electron chi connectivity index (χ2n) is 5.52. The lowest BCUT2D eigenvalue weighted by Crippen LogP contribution is -2.10. The zero-order valence-corrected chi connectivity index (χ0v) is 14.8. The van der Waals surface area contributed by atoms with E-state index in [2.05, 4.69) is 15.0 Å². The van der Waals surface area contributed by atoms with Gasteiger partial charge in [0, 0.05) is 7.05 Å². The summed E-state index contributed by atoms with van der Waals surface area (Å²) in [7, 11) is -0.208. The molecule has 0 spiro atoms. The Bertz CT molecular complexity index is 1010. The molecule has 0 aliphatic heterocycles. The quantitative estimate of drug-likeness (QED) is 0.494. The van der Waals surface area contributed by atoms with Crippen molar-refractivity contribution in [2.75, 3.05) is 12.9 Å². The second kappa shape index (κ2) is 7.02. The molecule has 0 fully saturated rings. The zero-order chi connectivity index (χ0) is 17.9. The van der Waals surface area contributed by atoms with Gasteiger partial charge in [0.25, 0.3) is 0 Å². The number of nitrogens with zero attached hydrogens (tertiary/aromatic N) is 4. The molecule has 3 rings (SSSR count). The Hall–Kier alpha value is -2.74. The maximum atomic E-state index is 12.4. The SMILES string of the molecule is COc1ccc(CC=CCS(=O)(=O)c2ncc3ncn(C)c3n2)cc1. The molecule has 0 N–H and O–H groups in total. The van der Waals surface area contributed by atoms with Crippen molar-refractivity contribution in [3.8, 4) is 5.75 Å². The molecule has 0 atom stereocenters. The highest BCUT2D eigenvalue weighted by Gasteiger charge is 2.17. The zero-order valence-electron chi connectivity index (χ0n) is 14.0. The summed E-state index contributed by atoms with van der Waals surface area (Å²) in [5.74, 6) is 0.644. The first kappa shape index (κ1) is 17.1. The Morgan fingerprint density at radius 2 is 1.92 bits per heavy atom. The molecule has 130 valence electrons. The van der Waals surface area contributed by atoms with E-state index in [1.807, 2.05) is 30.3 Å². The number of benzene rings is 1. The van der Waals surface area contributed by atoms with Crippen molar-refractivity contribution in [2.45, 2.75) is 11.6 Å². The molecule has 0 amide bonds. The first-order chi connectivity index (χ1) is 12.0. The van der Waals surface area contributed by atoms with E-state index in [4.69, 9.17) is 4.74 Å². The molecule has 0 bridgehead atoms. The molecule has 1 aromatic carbocycles. The molecule has 0 saturated carbocycles. The van der Waals surface area contributed by atoms with Crippen molar-refractivity contribution in [1.29, 1.82) is 0 Å². The first-order valence-corrected chi connectivity index (χ1v) is 9.29. The molecular weight excluding hydrogens is 340 g/mol. The molecule has 25 heavy (non-hydrogen) atoms. The highest BCUT2D eigenvalue weighted by Crippen LogP contribution is 2.13. The van der Waals surface area contributed by atoms with Gasteiger partial charge in [0.2, 0.25) is 15.0 Å². The molecule has 0 aliphatic carbocycles. The minimum Gasteiger partial charge on any atom is -0.497 e. The summed E-state index contributed by atoms with van der Waals surface area (Å²) < 4.78 is 31.5. The number of hydrogen-bond acceptors (Lipinski definition) is 6. The van der Waals surface area contributed by atoms with Crippen molar-refractivity contribution in [3.05, 3.63) is 54.5 Å². The smallest absolute Gasteiger partial charge is 0.249 e. The van der Waals surface area contributed by atoms with Crippen LogP contribution in [0.4, 0.5) is 0 Å². The van der Waals surface area contributed by atoms with Gasteiger partial charge >= 0.3 is 0 Å². The van der Waals surface area contributed by atoms with E-state index in [0.29, 0.717) is 17.6 Å². The summed E-state index contributed by atoms with van der Waals surface area (Å²) >= 11 is 0. The van der Waals surface area contributed by atoms with E-state index in [1.54, 1.807) is 31.1 Å². The van der Waals surface area contributed by atoms with Crippen LogP contribution in [0, 0.1) is 0 Å². The van der Waals surface area contributed by atoms with E-state index >= 15 is 0 Å². The number of aromatic nitrogens is 4. The third-order valence-corrected chi connectivity index (χ3v) is 5.09. The van der Waals surface area contributed by atoms with Crippen molar-refractivity contribution in [3.63, 3.8) is 0 Å². The lowest BCUT2D eigenvalue weighted by atomic mass is 10.1. The number of allylic oxidation sites excluding steroid dienone is 1. The van der Waals surface area contributed by atoms with Gasteiger partial charge in [0.1, 0.15) is 11.3 Å². The molecule has 2 aromatic heterocycles. The third-order valence-electron chi connectivity index (χ3n) is 3.71. The number of fused-ring (bicyclic) bond motifs is 1. The molecule has 7 nitrogen and oxygen atoms in total. The molecule has 3 aromatic rings. The van der Waals surface area contributed by atoms with E-state index in [9.17, 15) is 8.42 Å². The first-order valence-electron chi connectivity index (χ1n) is 7.64. The van der Waals surface area contributed by atoms with Gasteiger partial charge in [-0.15, -0.1) is 0 Å². The Morgan fingerprint density at radius 3 is 2.64 bits per heavy atom. The van der Waals surface area contributed by atoms with Gasteiger partial charge < -0.3 is 9.30 Å². The van der Waals surface area contributed by atoms with Crippen LogP contribution in [0.25, 0.3) is 11.2 Å². The van der Waals surface area contributed by atoms with Crippen molar-refractivity contribution < 1.29 is 13.2 Å². The highest BCUT2D eigenvalue weighted by molar-refractivity contribution is 7.91. The summed E-state index contributed by atoms with van der Waals surface area (Å²) in [4.78, 5) is 12.1. The lowest BCUT2D eigenvalue weighted by molar-refractivity contribution is 0.414. The minimum atomic E-state index is -3.58. The van der Waals surface area contributed by atoms with E-state index in [1.165, 1.54) is 6.20 Å². The molecule has 8 heteroatoms. The summed E-state index contributed by atoms with van der Waals surface area (Å²) in [6.45, 7) is 0. The normalized spacial score (nSPS) is 12.1.